The number of aryl methyl sites for hydroxylation is 2. The Balaban J connectivity index is 1.70. The highest BCUT2D eigenvalue weighted by Gasteiger charge is 2.39. The number of nitrogens with zero attached hydrogens (tertiary/aromatic N) is 4. The van der Waals surface area contributed by atoms with Gasteiger partial charge in [-0.1, -0.05) is 0 Å². The first-order chi connectivity index (χ1) is 14.4. The fourth-order valence-corrected chi connectivity index (χ4v) is 3.84. The highest BCUT2D eigenvalue weighted by molar-refractivity contribution is 5.82. The summed E-state index contributed by atoms with van der Waals surface area (Å²) in [4.78, 5) is 18.9. The maximum Gasteiger partial charge on any atom is 0.421 e. The Morgan fingerprint density at radius 3 is 2.61 bits per heavy atom. The number of rotatable bonds is 6. The van der Waals surface area contributed by atoms with E-state index in [2.05, 4.69) is 20.3 Å². The lowest BCUT2D eigenvalue weighted by atomic mass is 9.90. The summed E-state index contributed by atoms with van der Waals surface area (Å²) in [5, 5.41) is 7.48. The summed E-state index contributed by atoms with van der Waals surface area (Å²) in [7, 11) is 3.84. The molecule has 10 heteroatoms. The van der Waals surface area contributed by atoms with Crippen molar-refractivity contribution in [3.05, 3.63) is 41.3 Å². The molecule has 31 heavy (non-hydrogen) atoms. The molecule has 1 saturated heterocycles. The lowest BCUT2D eigenvalue weighted by Gasteiger charge is -2.28. The van der Waals surface area contributed by atoms with Gasteiger partial charge in [0.05, 0.1) is 11.1 Å². The lowest BCUT2D eigenvalue weighted by molar-refractivity contribution is -0.139. The number of likely N-dealkylation sites (N-methyl/N-ethyl adjacent to an activating group) is 1. The number of aromatic nitrogens is 3. The number of ether oxygens (including phenoxy) is 1. The van der Waals surface area contributed by atoms with Crippen LogP contribution in [0, 0.1) is 12.3 Å². The average Bonchev–Trinajstić information content (AvgIpc) is 3.20. The van der Waals surface area contributed by atoms with E-state index in [-0.39, 0.29) is 24.5 Å². The number of carbonyl (C=O) groups is 1. The van der Waals surface area contributed by atoms with Gasteiger partial charge >= 0.3 is 6.18 Å². The summed E-state index contributed by atoms with van der Waals surface area (Å²) in [5.74, 6) is -0.740. The van der Waals surface area contributed by atoms with Crippen LogP contribution >= 0.6 is 0 Å². The van der Waals surface area contributed by atoms with E-state index in [1.807, 2.05) is 27.2 Å². The van der Waals surface area contributed by atoms with Gasteiger partial charge in [-0.15, -0.1) is 0 Å². The number of hydrogen-bond acceptors (Lipinski definition) is 5. The van der Waals surface area contributed by atoms with Crippen molar-refractivity contribution in [2.75, 3.05) is 26.7 Å². The molecular weight excluding hydrogens is 411 g/mol. The number of likely N-dealkylation sites (tertiary alicyclic amines) is 1. The quantitative estimate of drug-likeness (QED) is 0.750. The second-order valence-corrected chi connectivity index (χ2v) is 8.78. The van der Waals surface area contributed by atoms with E-state index in [0.717, 1.165) is 23.9 Å². The zero-order chi connectivity index (χ0) is 23.0. The minimum Gasteiger partial charge on any atom is -0.476 e. The molecule has 1 aliphatic rings. The molecule has 0 aliphatic carbocycles. The Morgan fingerprint density at radius 2 is 2.00 bits per heavy atom. The summed E-state index contributed by atoms with van der Waals surface area (Å²) in [6, 6.07) is 1.97. The Morgan fingerprint density at radius 1 is 1.29 bits per heavy atom. The summed E-state index contributed by atoms with van der Waals surface area (Å²) >= 11 is 0. The van der Waals surface area contributed by atoms with Gasteiger partial charge in [-0.25, -0.2) is 4.98 Å². The Hall–Kier alpha value is -2.62. The van der Waals surface area contributed by atoms with Crippen LogP contribution in [-0.2, 0) is 18.0 Å². The van der Waals surface area contributed by atoms with Crippen molar-refractivity contribution in [2.24, 2.45) is 12.5 Å². The zero-order valence-electron chi connectivity index (χ0n) is 18.3. The van der Waals surface area contributed by atoms with Gasteiger partial charge in [0.1, 0.15) is 12.2 Å². The van der Waals surface area contributed by atoms with Gasteiger partial charge in [-0.2, -0.15) is 18.3 Å². The van der Waals surface area contributed by atoms with Crippen molar-refractivity contribution < 1.29 is 22.7 Å². The van der Waals surface area contributed by atoms with Crippen LogP contribution in [-0.4, -0.2) is 58.4 Å². The van der Waals surface area contributed by atoms with Gasteiger partial charge in [0.15, 0.2) is 0 Å². The molecule has 0 bridgehead atoms. The number of halogens is 3. The molecule has 1 N–H and O–H groups in total. The van der Waals surface area contributed by atoms with Gasteiger partial charge in [-0.3, -0.25) is 9.48 Å². The Labute approximate surface area is 179 Å². The molecule has 0 aromatic carbocycles. The molecule has 1 amide bonds. The number of hydrogen-bond donors (Lipinski definition) is 1. The van der Waals surface area contributed by atoms with E-state index in [9.17, 15) is 18.0 Å². The molecule has 170 valence electrons. The molecule has 7 nitrogen and oxygen atoms in total. The molecule has 3 rings (SSSR count). The topological polar surface area (TPSA) is 72.3 Å². The number of nitrogens with one attached hydrogen (secondary N) is 1. The lowest BCUT2D eigenvalue weighted by Crippen LogP contribution is -2.48. The molecule has 1 fully saturated rings. The van der Waals surface area contributed by atoms with Crippen LogP contribution in [0.4, 0.5) is 13.2 Å². The Kier molecular flexibility index (Phi) is 6.31. The fourth-order valence-electron chi connectivity index (χ4n) is 3.84. The van der Waals surface area contributed by atoms with Crippen molar-refractivity contribution in [2.45, 2.75) is 38.9 Å². The highest BCUT2D eigenvalue weighted by Crippen LogP contribution is 2.35. The van der Waals surface area contributed by atoms with E-state index in [1.54, 1.807) is 18.5 Å². The van der Waals surface area contributed by atoms with Gasteiger partial charge in [0, 0.05) is 44.5 Å². The van der Waals surface area contributed by atoms with E-state index >= 15 is 0 Å². The molecule has 0 spiro atoms. The van der Waals surface area contributed by atoms with Crippen LogP contribution < -0.4 is 10.1 Å². The van der Waals surface area contributed by atoms with Gasteiger partial charge < -0.3 is 15.0 Å². The van der Waals surface area contributed by atoms with Crippen molar-refractivity contribution in [1.29, 1.82) is 0 Å². The monoisotopic (exact) mass is 439 g/mol. The summed E-state index contributed by atoms with van der Waals surface area (Å²) in [6.45, 7) is 6.42. The van der Waals surface area contributed by atoms with Crippen LogP contribution in [0.3, 0.4) is 0 Å². The fraction of sp³-hybridized carbons (Fsp3) is 0.571. The predicted octanol–water partition coefficient (Wildman–Crippen LogP) is 2.76. The largest absolute Gasteiger partial charge is 0.476 e. The minimum absolute atomic E-state index is 0.0759. The predicted molar refractivity (Wildman–Crippen MR) is 109 cm³/mol. The third-order valence-corrected chi connectivity index (χ3v) is 5.53. The molecule has 0 radical (unpaired) electrons. The van der Waals surface area contributed by atoms with Crippen LogP contribution in [0.25, 0.3) is 0 Å². The number of pyridine rings is 1. The second kappa shape index (κ2) is 8.49. The smallest absolute Gasteiger partial charge is 0.421 e. The number of amides is 1. The van der Waals surface area contributed by atoms with Crippen LogP contribution in [0.15, 0.2) is 24.5 Å². The summed E-state index contributed by atoms with van der Waals surface area (Å²) < 4.78 is 46.6. The van der Waals surface area contributed by atoms with E-state index < -0.39 is 23.0 Å². The van der Waals surface area contributed by atoms with E-state index in [0.29, 0.717) is 6.54 Å². The average molecular weight is 439 g/mol. The van der Waals surface area contributed by atoms with Crippen molar-refractivity contribution in [3.8, 4) is 5.88 Å². The summed E-state index contributed by atoms with van der Waals surface area (Å²) in [5.41, 5.74) is -0.0273. The standard InChI is InChI=1S/C21H28F3N5O2/c1-13-14(10-29(5)27-13)15-9-28(4)11-17(15)26-19(30)20(2,3)12-31-18-16(21(22,23)24)7-6-8-25-18/h6-8,10,15,17H,9,11-12H2,1-5H3,(H,26,30)/t15-,17+/m0/s1. The molecule has 1 aliphatic heterocycles. The highest BCUT2D eigenvalue weighted by atomic mass is 19.4. The molecule has 3 heterocycles. The minimum atomic E-state index is -4.58. The number of carbonyl (C=O) groups excluding carboxylic acids is 1. The molecule has 0 saturated carbocycles. The van der Waals surface area contributed by atoms with Crippen LogP contribution in [0.1, 0.15) is 36.6 Å². The van der Waals surface area contributed by atoms with Crippen LogP contribution in [0.5, 0.6) is 5.88 Å². The SMILES string of the molecule is Cc1nn(C)cc1[C@@H]1CN(C)C[C@H]1NC(=O)C(C)(C)COc1ncccc1C(F)(F)F. The first-order valence-electron chi connectivity index (χ1n) is 10.0. The van der Waals surface area contributed by atoms with Crippen molar-refractivity contribution in [1.82, 2.24) is 25.0 Å². The van der Waals surface area contributed by atoms with Crippen molar-refractivity contribution in [3.63, 3.8) is 0 Å². The second-order valence-electron chi connectivity index (χ2n) is 8.78. The van der Waals surface area contributed by atoms with E-state index in [1.165, 1.54) is 12.3 Å². The van der Waals surface area contributed by atoms with Gasteiger partial charge in [0.25, 0.3) is 0 Å². The molecule has 2 aromatic rings. The van der Waals surface area contributed by atoms with Gasteiger partial charge in [0.2, 0.25) is 11.8 Å². The normalized spacial score (nSPS) is 20.1. The maximum atomic E-state index is 13.2. The van der Waals surface area contributed by atoms with Crippen molar-refractivity contribution >= 4 is 5.91 Å². The Bertz CT molecular complexity index is 941. The first kappa shape index (κ1) is 23.1. The molecule has 2 atom stereocenters. The van der Waals surface area contributed by atoms with Gasteiger partial charge in [-0.05, 0) is 45.5 Å². The van der Waals surface area contributed by atoms with Crippen LogP contribution in [0.2, 0.25) is 0 Å². The van der Waals surface area contributed by atoms with E-state index in [4.69, 9.17) is 4.74 Å². The number of alkyl halides is 3. The summed E-state index contributed by atoms with van der Waals surface area (Å²) in [6.07, 6.45) is -1.39. The third kappa shape index (κ3) is 5.17. The third-order valence-electron chi connectivity index (χ3n) is 5.53. The maximum absolute atomic E-state index is 13.2. The molecular formula is C21H28F3N5O2. The first-order valence-corrected chi connectivity index (χ1v) is 10.0. The molecule has 2 aromatic heterocycles. The zero-order valence-corrected chi connectivity index (χ0v) is 18.3. The molecule has 0 unspecified atom stereocenters.